The third-order valence-electron chi connectivity index (χ3n) is 1.85. The molecule has 0 heterocycles. The summed E-state index contributed by atoms with van der Waals surface area (Å²) in [7, 11) is 1.87. The molecule has 2 nitrogen and oxygen atoms in total. The first-order valence-electron chi connectivity index (χ1n) is 4.99. The lowest BCUT2D eigenvalue weighted by Crippen LogP contribution is -2.00. The fraction of sp³-hybridized carbons (Fsp3) is 0.417. The zero-order chi connectivity index (χ0) is 11.1. The van der Waals surface area contributed by atoms with E-state index in [4.69, 9.17) is 5.41 Å². The monoisotopic (exact) mass is 192 g/mol. The standard InChI is InChI=1S/C10H14N2.C2H6/c1-7-4-5-10(12-3)9(6-7)8(2)11;1-2/h4-6,11-12H,1-3H3;1-2H3. The summed E-state index contributed by atoms with van der Waals surface area (Å²) >= 11 is 0. The van der Waals surface area contributed by atoms with Crippen LogP contribution in [0.3, 0.4) is 0 Å². The van der Waals surface area contributed by atoms with Crippen LogP contribution in [-0.4, -0.2) is 12.8 Å². The highest BCUT2D eigenvalue weighted by Gasteiger charge is 2.01. The van der Waals surface area contributed by atoms with Crippen molar-refractivity contribution in [2.45, 2.75) is 27.7 Å². The predicted molar refractivity (Wildman–Crippen MR) is 64.6 cm³/mol. The van der Waals surface area contributed by atoms with Crippen LogP contribution in [0, 0.1) is 12.3 Å². The molecule has 2 N–H and O–H groups in total. The highest BCUT2D eigenvalue weighted by atomic mass is 14.8. The SMILES string of the molecule is CC.CNc1ccc(C)cc1C(C)=N. The fourth-order valence-electron chi connectivity index (χ4n) is 1.19. The average molecular weight is 192 g/mol. The van der Waals surface area contributed by atoms with Gasteiger partial charge in [-0.15, -0.1) is 0 Å². The van der Waals surface area contributed by atoms with E-state index < -0.39 is 0 Å². The summed E-state index contributed by atoms with van der Waals surface area (Å²) < 4.78 is 0. The minimum absolute atomic E-state index is 0.600. The Morgan fingerprint density at radius 3 is 2.29 bits per heavy atom. The molecule has 0 saturated carbocycles. The Balaban J connectivity index is 0.000000791. The number of hydrogen-bond acceptors (Lipinski definition) is 2. The van der Waals surface area contributed by atoms with Gasteiger partial charge in [0.15, 0.2) is 0 Å². The highest BCUT2D eigenvalue weighted by Crippen LogP contribution is 2.16. The lowest BCUT2D eigenvalue weighted by Gasteiger charge is -2.08. The molecule has 1 aromatic carbocycles. The molecule has 2 heteroatoms. The third-order valence-corrected chi connectivity index (χ3v) is 1.85. The second-order valence-electron chi connectivity index (χ2n) is 2.92. The molecule has 0 aromatic heterocycles. The Morgan fingerprint density at radius 1 is 1.29 bits per heavy atom. The minimum atomic E-state index is 0.600. The van der Waals surface area contributed by atoms with Gasteiger partial charge in [-0.05, 0) is 26.0 Å². The van der Waals surface area contributed by atoms with E-state index in [1.54, 1.807) is 6.92 Å². The molecule has 0 fully saturated rings. The van der Waals surface area contributed by atoms with Gasteiger partial charge in [0.1, 0.15) is 0 Å². The summed E-state index contributed by atoms with van der Waals surface area (Å²) in [5.74, 6) is 0. The summed E-state index contributed by atoms with van der Waals surface area (Å²) in [4.78, 5) is 0. The summed E-state index contributed by atoms with van der Waals surface area (Å²) in [6.07, 6.45) is 0. The molecule has 0 unspecified atom stereocenters. The summed E-state index contributed by atoms with van der Waals surface area (Å²) in [5, 5.41) is 10.6. The lowest BCUT2D eigenvalue weighted by molar-refractivity contribution is 1.38. The molecule has 0 atom stereocenters. The Bertz CT molecular complexity index is 303. The summed E-state index contributed by atoms with van der Waals surface area (Å²) in [5.41, 5.74) is 3.80. The van der Waals surface area contributed by atoms with Crippen LogP contribution >= 0.6 is 0 Å². The lowest BCUT2D eigenvalue weighted by atomic mass is 10.1. The number of hydrogen-bond donors (Lipinski definition) is 2. The normalized spacial score (nSPS) is 8.64. The van der Waals surface area contributed by atoms with Gasteiger partial charge in [-0.1, -0.05) is 25.5 Å². The molecule has 1 aromatic rings. The Kier molecular flexibility index (Phi) is 5.61. The van der Waals surface area contributed by atoms with Crippen molar-refractivity contribution in [2.24, 2.45) is 0 Å². The van der Waals surface area contributed by atoms with Crippen molar-refractivity contribution < 1.29 is 0 Å². The molecule has 78 valence electrons. The molecule has 0 aliphatic rings. The van der Waals surface area contributed by atoms with E-state index in [1.807, 2.05) is 46.0 Å². The Morgan fingerprint density at radius 2 is 1.86 bits per heavy atom. The van der Waals surface area contributed by atoms with Crippen molar-refractivity contribution in [3.8, 4) is 0 Å². The van der Waals surface area contributed by atoms with Gasteiger partial charge in [0.25, 0.3) is 0 Å². The van der Waals surface area contributed by atoms with E-state index in [9.17, 15) is 0 Å². The molecule has 0 amide bonds. The van der Waals surface area contributed by atoms with E-state index in [-0.39, 0.29) is 0 Å². The predicted octanol–water partition coefficient (Wildman–Crippen LogP) is 3.45. The highest BCUT2D eigenvalue weighted by molar-refractivity contribution is 6.01. The molecule has 0 radical (unpaired) electrons. The van der Waals surface area contributed by atoms with Crippen LogP contribution in [-0.2, 0) is 0 Å². The smallest absolute Gasteiger partial charge is 0.0429 e. The first kappa shape index (κ1) is 12.7. The second-order valence-corrected chi connectivity index (χ2v) is 2.92. The fourth-order valence-corrected chi connectivity index (χ4v) is 1.19. The van der Waals surface area contributed by atoms with E-state index >= 15 is 0 Å². The van der Waals surface area contributed by atoms with E-state index in [0.29, 0.717) is 5.71 Å². The molecule has 14 heavy (non-hydrogen) atoms. The van der Waals surface area contributed by atoms with Gasteiger partial charge in [-0.2, -0.15) is 0 Å². The molecule has 0 aliphatic heterocycles. The zero-order valence-electron chi connectivity index (χ0n) is 9.73. The van der Waals surface area contributed by atoms with Crippen molar-refractivity contribution >= 4 is 11.4 Å². The maximum atomic E-state index is 7.54. The minimum Gasteiger partial charge on any atom is -0.388 e. The first-order valence-corrected chi connectivity index (χ1v) is 4.99. The largest absolute Gasteiger partial charge is 0.388 e. The number of benzene rings is 1. The van der Waals surface area contributed by atoms with Gasteiger partial charge >= 0.3 is 0 Å². The van der Waals surface area contributed by atoms with Crippen LogP contribution in [0.15, 0.2) is 18.2 Å². The van der Waals surface area contributed by atoms with Gasteiger partial charge in [0, 0.05) is 24.0 Å². The van der Waals surface area contributed by atoms with Gasteiger partial charge < -0.3 is 10.7 Å². The van der Waals surface area contributed by atoms with Crippen molar-refractivity contribution in [3.05, 3.63) is 29.3 Å². The van der Waals surface area contributed by atoms with E-state index in [0.717, 1.165) is 11.3 Å². The molecular weight excluding hydrogens is 172 g/mol. The first-order chi connectivity index (χ1) is 6.65. The molecule has 0 aliphatic carbocycles. The number of aryl methyl sites for hydroxylation is 1. The van der Waals surface area contributed by atoms with Crippen LogP contribution in [0.5, 0.6) is 0 Å². The van der Waals surface area contributed by atoms with Crippen LogP contribution in [0.1, 0.15) is 31.9 Å². The molecule has 0 bridgehead atoms. The van der Waals surface area contributed by atoms with Crippen LogP contribution < -0.4 is 5.32 Å². The summed E-state index contributed by atoms with van der Waals surface area (Å²) in [6.45, 7) is 7.83. The zero-order valence-corrected chi connectivity index (χ0v) is 9.73. The molecular formula is C12H20N2. The summed E-state index contributed by atoms with van der Waals surface area (Å²) in [6, 6.07) is 6.06. The van der Waals surface area contributed by atoms with Gasteiger partial charge in [-0.25, -0.2) is 0 Å². The Hall–Kier alpha value is -1.31. The van der Waals surface area contributed by atoms with Gasteiger partial charge in [0.05, 0.1) is 0 Å². The van der Waals surface area contributed by atoms with Crippen molar-refractivity contribution in [1.29, 1.82) is 5.41 Å². The average Bonchev–Trinajstić information content (AvgIpc) is 2.20. The molecule has 0 saturated heterocycles. The third kappa shape index (κ3) is 3.21. The second kappa shape index (κ2) is 6.19. The maximum Gasteiger partial charge on any atom is 0.0429 e. The van der Waals surface area contributed by atoms with Crippen molar-refractivity contribution in [3.63, 3.8) is 0 Å². The van der Waals surface area contributed by atoms with Crippen LogP contribution in [0.25, 0.3) is 0 Å². The maximum absolute atomic E-state index is 7.54. The van der Waals surface area contributed by atoms with Crippen LogP contribution in [0.4, 0.5) is 5.69 Å². The number of rotatable bonds is 2. The number of anilines is 1. The topological polar surface area (TPSA) is 35.9 Å². The van der Waals surface area contributed by atoms with E-state index in [2.05, 4.69) is 5.32 Å². The molecule has 1 rings (SSSR count). The quantitative estimate of drug-likeness (QED) is 0.692. The van der Waals surface area contributed by atoms with Crippen molar-refractivity contribution in [1.82, 2.24) is 0 Å². The molecule has 0 spiro atoms. The van der Waals surface area contributed by atoms with Crippen LogP contribution in [0.2, 0.25) is 0 Å². The van der Waals surface area contributed by atoms with Crippen molar-refractivity contribution in [2.75, 3.05) is 12.4 Å². The Labute approximate surface area is 86.9 Å². The van der Waals surface area contributed by atoms with Gasteiger partial charge in [-0.3, -0.25) is 0 Å². The van der Waals surface area contributed by atoms with E-state index in [1.165, 1.54) is 5.56 Å². The van der Waals surface area contributed by atoms with Gasteiger partial charge in [0.2, 0.25) is 0 Å². The number of nitrogens with one attached hydrogen (secondary N) is 2.